The van der Waals surface area contributed by atoms with Gasteiger partial charge in [0, 0.05) is 61.6 Å². The van der Waals surface area contributed by atoms with Gasteiger partial charge in [0.1, 0.15) is 0 Å². The average molecular weight is 1220 g/mol. The Bertz CT molecular complexity index is 5360. The molecule has 0 spiro atoms. The van der Waals surface area contributed by atoms with Gasteiger partial charge in [-0.25, -0.2) is 19.8 Å². The van der Waals surface area contributed by atoms with Crippen molar-refractivity contribution in [2.75, 3.05) is 9.80 Å². The van der Waals surface area contributed by atoms with E-state index in [1.807, 2.05) is 78.9 Å². The van der Waals surface area contributed by atoms with E-state index in [1.54, 1.807) is 0 Å². The third kappa shape index (κ3) is 9.56. The molecule has 96 heavy (non-hydrogen) atoms. The van der Waals surface area contributed by atoms with Gasteiger partial charge in [0.25, 0.3) is 6.71 Å². The summed E-state index contributed by atoms with van der Waals surface area (Å²) in [5, 5.41) is 2.09. The van der Waals surface area contributed by atoms with Crippen molar-refractivity contribution < 1.29 is 0 Å². The summed E-state index contributed by atoms with van der Waals surface area (Å²) < 4.78 is 2.25. The molecule has 0 fully saturated rings. The minimum absolute atomic E-state index is 0.116. The maximum Gasteiger partial charge on any atom is 0.252 e. The maximum absolute atomic E-state index is 8.82. The van der Waals surface area contributed by atoms with Gasteiger partial charge in [-0.2, -0.15) is 0 Å². The first-order valence-electron chi connectivity index (χ1n) is 32.5. The van der Waals surface area contributed by atoms with Gasteiger partial charge < -0.3 is 14.4 Å². The molecule has 0 unspecified atom stereocenters. The largest absolute Gasteiger partial charge is 0.318 e. The molecule has 18 rings (SSSR count). The number of benzene rings is 14. The Labute approximate surface area is 557 Å². The SMILES string of the molecule is [C-]#[N+]c1cccc(-c2nc(-c3ccccc3)nc(-c3ccccc3)n2)c1-n1c2ccccc2c2cc(-c3cc4c5c(c3)N(c3cc(-c6ccccc6)cc(-c6ccccc6)c3)c3ccccc3B5c3ccccc3N4c3cc(-c4ccccc4)cc(-c4ccccc4)c3)ccc21. The number of aromatic nitrogens is 4. The number of hydrogen-bond donors (Lipinski definition) is 0. The number of para-hydroxylation sites is 4. The van der Waals surface area contributed by atoms with Crippen molar-refractivity contribution in [3.8, 4) is 95.5 Å². The van der Waals surface area contributed by atoms with Gasteiger partial charge in [-0.3, -0.25) is 0 Å². The molecule has 16 aromatic rings. The second-order valence-electron chi connectivity index (χ2n) is 24.6. The second-order valence-corrected chi connectivity index (χ2v) is 24.6. The van der Waals surface area contributed by atoms with Gasteiger partial charge in [0.2, 0.25) is 5.69 Å². The molecule has 0 bridgehead atoms. The smallest absolute Gasteiger partial charge is 0.252 e. The quantitative estimate of drug-likeness (QED) is 0.0954. The van der Waals surface area contributed by atoms with Crippen molar-refractivity contribution in [3.05, 3.63) is 351 Å². The highest BCUT2D eigenvalue weighted by atomic mass is 15.2. The van der Waals surface area contributed by atoms with E-state index in [2.05, 4.69) is 280 Å². The molecule has 446 valence electrons. The minimum atomic E-state index is -0.116. The minimum Gasteiger partial charge on any atom is -0.318 e. The third-order valence-corrected chi connectivity index (χ3v) is 19.0. The molecule has 0 atom stereocenters. The predicted molar refractivity (Wildman–Crippen MR) is 398 cm³/mol. The molecular formula is C88H56BN7. The summed E-state index contributed by atoms with van der Waals surface area (Å²) in [7, 11) is 0. The molecule has 14 aromatic carbocycles. The predicted octanol–water partition coefficient (Wildman–Crippen LogP) is 20.9. The molecular weight excluding hydrogens is 1170 g/mol. The molecule has 2 aliphatic rings. The van der Waals surface area contributed by atoms with E-state index < -0.39 is 0 Å². The van der Waals surface area contributed by atoms with Gasteiger partial charge in [-0.15, -0.1) is 0 Å². The van der Waals surface area contributed by atoms with Crippen molar-refractivity contribution in [2.24, 2.45) is 0 Å². The zero-order chi connectivity index (χ0) is 63.6. The highest BCUT2D eigenvalue weighted by Crippen LogP contribution is 2.50. The fourth-order valence-electron chi connectivity index (χ4n) is 14.6. The Morgan fingerprint density at radius 3 is 1.15 bits per heavy atom. The first kappa shape index (κ1) is 55.9. The lowest BCUT2D eigenvalue weighted by Crippen LogP contribution is -2.61. The molecule has 0 amide bonds. The molecule has 0 radical (unpaired) electrons. The number of anilines is 6. The van der Waals surface area contributed by atoms with Gasteiger partial charge >= 0.3 is 0 Å². The zero-order valence-corrected chi connectivity index (χ0v) is 52.0. The van der Waals surface area contributed by atoms with Gasteiger partial charge in [-0.05, 0) is 151 Å². The summed E-state index contributed by atoms with van der Waals surface area (Å²) in [6.45, 7) is 8.70. The summed E-state index contributed by atoms with van der Waals surface area (Å²) in [4.78, 5) is 24.9. The van der Waals surface area contributed by atoms with Crippen LogP contribution < -0.4 is 26.2 Å². The van der Waals surface area contributed by atoms with E-state index >= 15 is 0 Å². The Balaban J connectivity index is 0.903. The number of nitrogens with zero attached hydrogens (tertiary/aromatic N) is 7. The van der Waals surface area contributed by atoms with E-state index in [0.29, 0.717) is 28.8 Å². The lowest BCUT2D eigenvalue weighted by atomic mass is 9.33. The van der Waals surface area contributed by atoms with Crippen molar-refractivity contribution >= 4 is 84.7 Å². The first-order valence-corrected chi connectivity index (χ1v) is 32.5. The van der Waals surface area contributed by atoms with Gasteiger partial charge in [-0.1, -0.05) is 261 Å². The number of rotatable bonds is 11. The number of fused-ring (bicyclic) bond motifs is 7. The molecule has 0 N–H and O–H groups in total. The van der Waals surface area contributed by atoms with Crippen LogP contribution in [-0.4, -0.2) is 26.2 Å². The molecule has 4 heterocycles. The van der Waals surface area contributed by atoms with Crippen LogP contribution in [0.5, 0.6) is 0 Å². The molecule has 0 aliphatic carbocycles. The summed E-state index contributed by atoms with van der Waals surface area (Å²) >= 11 is 0. The summed E-state index contributed by atoms with van der Waals surface area (Å²) in [5.41, 5.74) is 26.9. The molecule has 2 aromatic heterocycles. The third-order valence-electron chi connectivity index (χ3n) is 19.0. The van der Waals surface area contributed by atoms with E-state index in [4.69, 9.17) is 21.5 Å². The lowest BCUT2D eigenvalue weighted by molar-refractivity contribution is 1.07. The van der Waals surface area contributed by atoms with Crippen molar-refractivity contribution in [2.45, 2.75) is 0 Å². The van der Waals surface area contributed by atoms with E-state index in [-0.39, 0.29) is 6.71 Å². The first-order chi connectivity index (χ1) is 47.6. The Kier molecular flexibility index (Phi) is 13.6. The zero-order valence-electron chi connectivity index (χ0n) is 52.0. The summed E-state index contributed by atoms with van der Waals surface area (Å²) in [6.07, 6.45) is 0. The molecule has 2 aliphatic heterocycles. The fraction of sp³-hybridized carbons (Fsp3) is 0. The van der Waals surface area contributed by atoms with Crippen LogP contribution in [0, 0.1) is 6.57 Å². The van der Waals surface area contributed by atoms with Crippen LogP contribution in [0.25, 0.3) is 122 Å². The maximum atomic E-state index is 8.82. The Morgan fingerprint density at radius 2 is 0.677 bits per heavy atom. The van der Waals surface area contributed by atoms with Crippen molar-refractivity contribution in [1.29, 1.82) is 0 Å². The van der Waals surface area contributed by atoms with Crippen molar-refractivity contribution in [3.63, 3.8) is 0 Å². The van der Waals surface area contributed by atoms with Crippen LogP contribution in [0.15, 0.2) is 340 Å². The van der Waals surface area contributed by atoms with E-state index in [0.717, 1.165) is 128 Å². The average Bonchev–Trinajstić information content (AvgIpc) is 0.715. The van der Waals surface area contributed by atoms with Crippen LogP contribution in [0.2, 0.25) is 0 Å². The highest BCUT2D eigenvalue weighted by Gasteiger charge is 2.44. The summed E-state index contributed by atoms with van der Waals surface area (Å²) in [5.74, 6) is 1.57. The van der Waals surface area contributed by atoms with Crippen LogP contribution in [0.3, 0.4) is 0 Å². The van der Waals surface area contributed by atoms with Crippen molar-refractivity contribution in [1.82, 2.24) is 19.5 Å². The normalized spacial score (nSPS) is 12.1. The molecule has 0 saturated carbocycles. The Hall–Kier alpha value is -13.0. The lowest BCUT2D eigenvalue weighted by Gasteiger charge is -2.44. The van der Waals surface area contributed by atoms with Gasteiger partial charge in [0.15, 0.2) is 17.5 Å². The molecule has 0 saturated heterocycles. The number of hydrogen-bond acceptors (Lipinski definition) is 5. The van der Waals surface area contributed by atoms with E-state index in [9.17, 15) is 0 Å². The topological polar surface area (TPSA) is 54.4 Å². The van der Waals surface area contributed by atoms with E-state index in [1.165, 1.54) is 16.4 Å². The highest BCUT2D eigenvalue weighted by molar-refractivity contribution is 7.00. The molecule has 8 heteroatoms. The summed E-state index contributed by atoms with van der Waals surface area (Å²) in [6, 6.07) is 122. The molecule has 7 nitrogen and oxygen atoms in total. The second kappa shape index (κ2) is 23.3. The van der Waals surface area contributed by atoms with Gasteiger partial charge in [0.05, 0.1) is 23.3 Å². The van der Waals surface area contributed by atoms with Crippen LogP contribution in [0.4, 0.5) is 39.8 Å². The fourth-order valence-corrected chi connectivity index (χ4v) is 14.6. The van der Waals surface area contributed by atoms with Crippen LogP contribution >= 0.6 is 0 Å². The van der Waals surface area contributed by atoms with Crippen LogP contribution in [-0.2, 0) is 0 Å². The standard InChI is InChI=1S/C88H56BN7/c1-90-77-43-26-40-73(88-92-86(62-35-16-6-17-36-62)91-87(93-88)63-37-18-7-19-38-63)85(77)96-78-44-23-20-39-72(78)74-55-64(47-48-79(74)96)69-56-82-84-83(57-69)95(71-53-67(60-31-12-4-13-32-60)50-68(54-71)61-33-14-5-15-34-61)81-46-25-22-42-76(81)89(84)75-41-21-24-45-80(75)94(82)70-51-65(58-27-8-2-9-28-58)49-66(52-70)59-29-10-3-11-30-59/h2-57H. The van der Waals surface area contributed by atoms with Crippen LogP contribution in [0.1, 0.15) is 0 Å². The Morgan fingerprint density at radius 1 is 0.281 bits per heavy atom. The monoisotopic (exact) mass is 1220 g/mol.